The highest BCUT2D eigenvalue weighted by Gasteiger charge is 2.22. The number of nitrogens with one attached hydrogen (secondary N) is 1. The molecule has 0 aromatic carbocycles. The number of ketones is 1. The van der Waals surface area contributed by atoms with Crippen molar-refractivity contribution in [3.8, 4) is 0 Å². The van der Waals surface area contributed by atoms with E-state index in [4.69, 9.17) is 4.74 Å². The first-order valence-corrected chi connectivity index (χ1v) is 5.94. The highest BCUT2D eigenvalue weighted by molar-refractivity contribution is 5.99. The Morgan fingerprint density at radius 1 is 1.32 bits per heavy atom. The van der Waals surface area contributed by atoms with Crippen molar-refractivity contribution in [3.05, 3.63) is 12.7 Å². The summed E-state index contributed by atoms with van der Waals surface area (Å²) in [6.45, 7) is 10.1. The SMILES string of the molecule is C=CCOC(=O)CC(=O)[C@H](C)NC(=O)OC(C)(C)C. The number of hydrogen-bond donors (Lipinski definition) is 1. The molecule has 0 unspecified atom stereocenters. The van der Waals surface area contributed by atoms with E-state index in [1.165, 1.54) is 13.0 Å². The number of ether oxygens (including phenoxy) is 2. The van der Waals surface area contributed by atoms with E-state index >= 15 is 0 Å². The van der Waals surface area contributed by atoms with Crippen LogP contribution in [0.2, 0.25) is 0 Å². The first kappa shape index (κ1) is 17.2. The van der Waals surface area contributed by atoms with Gasteiger partial charge in [0.15, 0.2) is 5.78 Å². The topological polar surface area (TPSA) is 81.7 Å². The van der Waals surface area contributed by atoms with Gasteiger partial charge in [-0.15, -0.1) is 0 Å². The van der Waals surface area contributed by atoms with Crippen molar-refractivity contribution < 1.29 is 23.9 Å². The maximum atomic E-state index is 11.6. The third kappa shape index (κ3) is 8.82. The first-order chi connectivity index (χ1) is 8.65. The fourth-order valence-electron chi connectivity index (χ4n) is 1.06. The third-order valence-electron chi connectivity index (χ3n) is 1.90. The van der Waals surface area contributed by atoms with Crippen LogP contribution in [-0.2, 0) is 19.1 Å². The van der Waals surface area contributed by atoms with Crippen LogP contribution in [0.5, 0.6) is 0 Å². The van der Waals surface area contributed by atoms with Crippen molar-refractivity contribution in [2.75, 3.05) is 6.61 Å². The number of Topliss-reactive ketones (excluding diaryl/α,β-unsaturated/α-hetero) is 1. The molecule has 0 aromatic rings. The van der Waals surface area contributed by atoms with Crippen LogP contribution in [0.25, 0.3) is 0 Å². The van der Waals surface area contributed by atoms with Crippen LogP contribution in [-0.4, -0.2) is 36.1 Å². The zero-order chi connectivity index (χ0) is 15.1. The average Bonchev–Trinajstić information content (AvgIpc) is 2.23. The van der Waals surface area contributed by atoms with Gasteiger partial charge in [0.05, 0.1) is 6.04 Å². The minimum absolute atomic E-state index is 0.0555. The van der Waals surface area contributed by atoms with Gasteiger partial charge in [-0.1, -0.05) is 12.7 Å². The molecule has 0 rings (SSSR count). The third-order valence-corrected chi connectivity index (χ3v) is 1.90. The Hall–Kier alpha value is -1.85. The Balaban J connectivity index is 4.16. The molecule has 6 nitrogen and oxygen atoms in total. The fraction of sp³-hybridized carbons (Fsp3) is 0.615. The van der Waals surface area contributed by atoms with Crippen molar-refractivity contribution in [2.45, 2.75) is 45.8 Å². The Morgan fingerprint density at radius 2 is 1.89 bits per heavy atom. The van der Waals surface area contributed by atoms with E-state index < -0.39 is 35.9 Å². The fourth-order valence-corrected chi connectivity index (χ4v) is 1.06. The minimum Gasteiger partial charge on any atom is -0.461 e. The average molecular weight is 271 g/mol. The van der Waals surface area contributed by atoms with Crippen LogP contribution in [0.1, 0.15) is 34.1 Å². The largest absolute Gasteiger partial charge is 0.461 e. The zero-order valence-corrected chi connectivity index (χ0v) is 11.8. The molecule has 0 aliphatic carbocycles. The lowest BCUT2D eigenvalue weighted by Crippen LogP contribution is -2.42. The molecule has 108 valence electrons. The number of hydrogen-bond acceptors (Lipinski definition) is 5. The van der Waals surface area contributed by atoms with Crippen LogP contribution < -0.4 is 5.32 Å². The number of rotatable bonds is 6. The second-order valence-corrected chi connectivity index (χ2v) is 4.98. The summed E-state index contributed by atoms with van der Waals surface area (Å²) in [7, 11) is 0. The summed E-state index contributed by atoms with van der Waals surface area (Å²) in [4.78, 5) is 34.2. The molecule has 0 saturated heterocycles. The second-order valence-electron chi connectivity index (χ2n) is 4.98. The molecule has 0 aliphatic rings. The maximum absolute atomic E-state index is 11.6. The molecule has 0 radical (unpaired) electrons. The van der Waals surface area contributed by atoms with Gasteiger partial charge in [-0.05, 0) is 27.7 Å². The maximum Gasteiger partial charge on any atom is 0.408 e. The molecule has 0 saturated carbocycles. The van der Waals surface area contributed by atoms with Crippen LogP contribution in [0.4, 0.5) is 4.79 Å². The molecular formula is C13H21NO5. The van der Waals surface area contributed by atoms with Crippen molar-refractivity contribution in [1.82, 2.24) is 5.32 Å². The summed E-state index contributed by atoms with van der Waals surface area (Å²) in [5.41, 5.74) is -0.643. The van der Waals surface area contributed by atoms with E-state index in [2.05, 4.69) is 16.6 Å². The monoisotopic (exact) mass is 271 g/mol. The predicted molar refractivity (Wildman–Crippen MR) is 69.6 cm³/mol. The highest BCUT2D eigenvalue weighted by atomic mass is 16.6. The van der Waals surface area contributed by atoms with Gasteiger partial charge in [0, 0.05) is 0 Å². The first-order valence-electron chi connectivity index (χ1n) is 5.94. The van der Waals surface area contributed by atoms with E-state index in [1.54, 1.807) is 20.8 Å². The van der Waals surface area contributed by atoms with Gasteiger partial charge in [-0.2, -0.15) is 0 Å². The summed E-state index contributed by atoms with van der Waals surface area (Å²) >= 11 is 0. The standard InChI is InChI=1S/C13H21NO5/c1-6-7-18-11(16)8-10(15)9(2)14-12(17)19-13(3,4)5/h6,9H,1,7-8H2,2-5H3,(H,14,17)/t9-/m0/s1. The molecular weight excluding hydrogens is 250 g/mol. The second kappa shape index (κ2) is 7.56. The quantitative estimate of drug-likeness (QED) is 0.450. The van der Waals surface area contributed by atoms with Gasteiger partial charge in [-0.25, -0.2) is 4.79 Å². The number of carbonyl (C=O) groups excluding carboxylic acids is 3. The van der Waals surface area contributed by atoms with Gasteiger partial charge in [0.25, 0.3) is 0 Å². The number of alkyl carbamates (subject to hydrolysis) is 1. The van der Waals surface area contributed by atoms with Gasteiger partial charge in [0.2, 0.25) is 0 Å². The summed E-state index contributed by atoms with van der Waals surface area (Å²) in [5.74, 6) is -1.09. The lowest BCUT2D eigenvalue weighted by molar-refractivity contribution is -0.145. The summed E-state index contributed by atoms with van der Waals surface area (Å²) in [6.07, 6.45) is 0.308. The van der Waals surface area contributed by atoms with Crippen LogP contribution in [0.15, 0.2) is 12.7 Å². The predicted octanol–water partition coefficient (Wildman–Crippen LogP) is 1.59. The zero-order valence-electron chi connectivity index (χ0n) is 11.8. The van der Waals surface area contributed by atoms with E-state index in [9.17, 15) is 14.4 Å². The van der Waals surface area contributed by atoms with Gasteiger partial charge in [0.1, 0.15) is 18.6 Å². The van der Waals surface area contributed by atoms with E-state index in [0.717, 1.165) is 0 Å². The molecule has 1 atom stereocenters. The van der Waals surface area contributed by atoms with E-state index in [-0.39, 0.29) is 6.61 Å². The Bertz CT molecular complexity index is 357. The normalized spacial score (nSPS) is 12.2. The molecule has 0 fully saturated rings. The van der Waals surface area contributed by atoms with E-state index in [0.29, 0.717) is 0 Å². The minimum atomic E-state index is -0.814. The number of esters is 1. The van der Waals surface area contributed by atoms with Crippen molar-refractivity contribution >= 4 is 17.8 Å². The lowest BCUT2D eigenvalue weighted by Gasteiger charge is -2.21. The molecule has 0 heterocycles. The molecule has 6 heteroatoms. The Morgan fingerprint density at radius 3 is 2.37 bits per heavy atom. The lowest BCUT2D eigenvalue weighted by atomic mass is 10.1. The summed E-state index contributed by atoms with van der Waals surface area (Å²) in [5, 5.41) is 2.36. The molecule has 0 aliphatic heterocycles. The number of carbonyl (C=O) groups is 3. The Labute approximate surface area is 113 Å². The van der Waals surface area contributed by atoms with Crippen LogP contribution >= 0.6 is 0 Å². The van der Waals surface area contributed by atoms with Gasteiger partial charge < -0.3 is 14.8 Å². The molecule has 0 aromatic heterocycles. The smallest absolute Gasteiger partial charge is 0.408 e. The van der Waals surface area contributed by atoms with Crippen molar-refractivity contribution in [1.29, 1.82) is 0 Å². The Kier molecular flexibility index (Phi) is 6.82. The van der Waals surface area contributed by atoms with Gasteiger partial charge in [-0.3, -0.25) is 9.59 Å². The highest BCUT2D eigenvalue weighted by Crippen LogP contribution is 2.07. The van der Waals surface area contributed by atoms with E-state index in [1.807, 2.05) is 0 Å². The molecule has 1 N–H and O–H groups in total. The van der Waals surface area contributed by atoms with Crippen LogP contribution in [0.3, 0.4) is 0 Å². The van der Waals surface area contributed by atoms with Crippen molar-refractivity contribution in [3.63, 3.8) is 0 Å². The van der Waals surface area contributed by atoms with Crippen LogP contribution in [0, 0.1) is 0 Å². The van der Waals surface area contributed by atoms with Crippen molar-refractivity contribution in [2.24, 2.45) is 0 Å². The summed E-state index contributed by atoms with van der Waals surface area (Å²) < 4.78 is 9.67. The van der Waals surface area contributed by atoms with Gasteiger partial charge >= 0.3 is 12.1 Å². The molecule has 0 bridgehead atoms. The molecule has 1 amide bonds. The molecule has 19 heavy (non-hydrogen) atoms. The summed E-state index contributed by atoms with van der Waals surface area (Å²) in [6, 6.07) is -0.814. The number of amides is 1. The molecule has 0 spiro atoms.